The first kappa shape index (κ1) is 14.5. The van der Waals surface area contributed by atoms with Crippen LogP contribution < -0.4 is 10.5 Å². The van der Waals surface area contributed by atoms with Crippen LogP contribution in [0.2, 0.25) is 0 Å². The second-order valence-electron chi connectivity index (χ2n) is 4.24. The Hall–Kier alpha value is -1.92. The smallest absolute Gasteiger partial charge is 0.314 e. The molecule has 0 aliphatic carbocycles. The van der Waals surface area contributed by atoms with Gasteiger partial charge in [0.1, 0.15) is 5.75 Å². The summed E-state index contributed by atoms with van der Waals surface area (Å²) in [5, 5.41) is 11.1. The van der Waals surface area contributed by atoms with E-state index >= 15 is 0 Å². The predicted molar refractivity (Wildman–Crippen MR) is 79.9 cm³/mol. The monoisotopic (exact) mass is 336 g/mol. The SMILES string of the molecule is Cc1cccc(Oc2ccc(CN)c(Br)c2)c1[N+](=O)[O-]. The lowest BCUT2D eigenvalue weighted by molar-refractivity contribution is -0.386. The van der Waals surface area contributed by atoms with Crippen LogP contribution in [0.15, 0.2) is 40.9 Å². The Morgan fingerprint density at radius 1 is 1.35 bits per heavy atom. The van der Waals surface area contributed by atoms with E-state index in [0.717, 1.165) is 10.0 Å². The summed E-state index contributed by atoms with van der Waals surface area (Å²) in [6.07, 6.45) is 0. The fourth-order valence-corrected chi connectivity index (χ4v) is 2.35. The van der Waals surface area contributed by atoms with E-state index < -0.39 is 4.92 Å². The van der Waals surface area contributed by atoms with E-state index in [1.165, 1.54) is 0 Å². The molecular weight excluding hydrogens is 324 g/mol. The Kier molecular flexibility index (Phi) is 4.36. The number of nitrogens with zero attached hydrogens (tertiary/aromatic N) is 1. The van der Waals surface area contributed by atoms with Crippen LogP contribution in [0.5, 0.6) is 11.5 Å². The third kappa shape index (κ3) is 2.97. The van der Waals surface area contributed by atoms with Crippen LogP contribution in [0.1, 0.15) is 11.1 Å². The second-order valence-corrected chi connectivity index (χ2v) is 5.09. The first-order chi connectivity index (χ1) is 9.52. The van der Waals surface area contributed by atoms with Crippen molar-refractivity contribution in [1.29, 1.82) is 0 Å². The Bertz CT molecular complexity index is 659. The van der Waals surface area contributed by atoms with Crippen molar-refractivity contribution < 1.29 is 9.66 Å². The van der Waals surface area contributed by atoms with Crippen molar-refractivity contribution in [3.05, 3.63) is 62.1 Å². The van der Waals surface area contributed by atoms with Gasteiger partial charge in [-0.1, -0.05) is 34.1 Å². The van der Waals surface area contributed by atoms with Crippen LogP contribution in [0.3, 0.4) is 0 Å². The fourth-order valence-electron chi connectivity index (χ4n) is 1.83. The summed E-state index contributed by atoms with van der Waals surface area (Å²) in [6, 6.07) is 10.3. The van der Waals surface area contributed by atoms with Crippen molar-refractivity contribution in [1.82, 2.24) is 0 Å². The molecule has 0 fully saturated rings. The molecule has 20 heavy (non-hydrogen) atoms. The summed E-state index contributed by atoms with van der Waals surface area (Å²) in [5.41, 5.74) is 7.06. The zero-order chi connectivity index (χ0) is 14.7. The Morgan fingerprint density at radius 2 is 2.10 bits per heavy atom. The highest BCUT2D eigenvalue weighted by Crippen LogP contribution is 2.35. The summed E-state index contributed by atoms with van der Waals surface area (Å²) in [5.74, 6) is 0.741. The number of hydrogen-bond donors (Lipinski definition) is 1. The van der Waals surface area contributed by atoms with Crippen molar-refractivity contribution in [2.75, 3.05) is 0 Å². The number of nitro benzene ring substituents is 1. The summed E-state index contributed by atoms with van der Waals surface area (Å²) >= 11 is 3.39. The largest absolute Gasteiger partial charge is 0.450 e. The average Bonchev–Trinajstić information content (AvgIpc) is 2.38. The Balaban J connectivity index is 2.38. The molecule has 5 nitrogen and oxygen atoms in total. The highest BCUT2D eigenvalue weighted by molar-refractivity contribution is 9.10. The molecule has 2 N–H and O–H groups in total. The van der Waals surface area contributed by atoms with Crippen molar-refractivity contribution in [2.45, 2.75) is 13.5 Å². The molecule has 2 aromatic rings. The van der Waals surface area contributed by atoms with Crippen LogP contribution in [-0.2, 0) is 6.54 Å². The van der Waals surface area contributed by atoms with Crippen molar-refractivity contribution in [2.24, 2.45) is 5.73 Å². The summed E-state index contributed by atoms with van der Waals surface area (Å²) in [7, 11) is 0. The normalized spacial score (nSPS) is 10.3. The lowest BCUT2D eigenvalue weighted by atomic mass is 10.2. The topological polar surface area (TPSA) is 78.4 Å². The molecule has 0 radical (unpaired) electrons. The van der Waals surface area contributed by atoms with Crippen molar-refractivity contribution in [3.8, 4) is 11.5 Å². The maximum absolute atomic E-state index is 11.1. The van der Waals surface area contributed by atoms with Crippen molar-refractivity contribution in [3.63, 3.8) is 0 Å². The minimum absolute atomic E-state index is 0.0217. The van der Waals surface area contributed by atoms with Gasteiger partial charge in [-0.3, -0.25) is 10.1 Å². The van der Waals surface area contributed by atoms with Gasteiger partial charge < -0.3 is 10.5 Å². The molecule has 104 valence electrons. The van der Waals surface area contributed by atoms with E-state index in [2.05, 4.69) is 15.9 Å². The molecule has 0 saturated carbocycles. The summed E-state index contributed by atoms with van der Waals surface area (Å²) in [4.78, 5) is 10.7. The summed E-state index contributed by atoms with van der Waals surface area (Å²) < 4.78 is 6.43. The molecule has 0 bridgehead atoms. The van der Waals surface area contributed by atoms with Gasteiger partial charge in [0.2, 0.25) is 5.75 Å². The lowest BCUT2D eigenvalue weighted by Gasteiger charge is -2.09. The molecule has 0 aromatic heterocycles. The quantitative estimate of drug-likeness (QED) is 0.677. The molecule has 2 rings (SSSR count). The van der Waals surface area contributed by atoms with Gasteiger partial charge in [0.05, 0.1) is 4.92 Å². The Labute approximate surface area is 124 Å². The standard InChI is InChI=1S/C14H13BrN2O3/c1-9-3-2-4-13(14(9)17(18)19)20-11-6-5-10(8-16)12(15)7-11/h2-7H,8,16H2,1H3. The van der Waals surface area contributed by atoms with E-state index in [9.17, 15) is 10.1 Å². The molecule has 0 saturated heterocycles. The van der Waals surface area contributed by atoms with Gasteiger partial charge >= 0.3 is 5.69 Å². The second kappa shape index (κ2) is 6.02. The molecule has 0 unspecified atom stereocenters. The molecule has 0 spiro atoms. The summed E-state index contributed by atoms with van der Waals surface area (Å²) in [6.45, 7) is 2.09. The zero-order valence-corrected chi connectivity index (χ0v) is 12.4. The van der Waals surface area contributed by atoms with Crippen LogP contribution >= 0.6 is 15.9 Å². The molecule has 0 amide bonds. The van der Waals surface area contributed by atoms with E-state index in [0.29, 0.717) is 17.9 Å². The van der Waals surface area contributed by atoms with Gasteiger partial charge in [0, 0.05) is 16.6 Å². The maximum Gasteiger partial charge on any atom is 0.314 e. The molecule has 2 aromatic carbocycles. The third-order valence-electron chi connectivity index (χ3n) is 2.86. The molecule has 0 heterocycles. The van der Waals surface area contributed by atoms with E-state index in [1.807, 2.05) is 6.07 Å². The number of benzene rings is 2. The fraction of sp³-hybridized carbons (Fsp3) is 0.143. The molecule has 6 heteroatoms. The van der Waals surface area contributed by atoms with Crippen LogP contribution in [0, 0.1) is 17.0 Å². The molecular formula is C14H13BrN2O3. The first-order valence-corrected chi connectivity index (χ1v) is 6.72. The van der Waals surface area contributed by atoms with Crippen LogP contribution in [-0.4, -0.2) is 4.92 Å². The number of aryl methyl sites for hydroxylation is 1. The highest BCUT2D eigenvalue weighted by atomic mass is 79.9. The van der Waals surface area contributed by atoms with Crippen molar-refractivity contribution >= 4 is 21.6 Å². The van der Waals surface area contributed by atoms with Gasteiger partial charge in [0.15, 0.2) is 0 Å². The lowest BCUT2D eigenvalue weighted by Crippen LogP contribution is -1.98. The maximum atomic E-state index is 11.1. The van der Waals surface area contributed by atoms with E-state index in [4.69, 9.17) is 10.5 Å². The predicted octanol–water partition coefficient (Wildman–Crippen LogP) is 3.92. The minimum Gasteiger partial charge on any atom is -0.450 e. The minimum atomic E-state index is -0.437. The zero-order valence-electron chi connectivity index (χ0n) is 10.8. The molecule has 0 aliphatic heterocycles. The average molecular weight is 337 g/mol. The first-order valence-electron chi connectivity index (χ1n) is 5.93. The van der Waals surface area contributed by atoms with Crippen LogP contribution in [0.4, 0.5) is 5.69 Å². The number of nitrogens with two attached hydrogens (primary N) is 1. The number of rotatable bonds is 4. The van der Waals surface area contributed by atoms with Gasteiger partial charge in [-0.2, -0.15) is 0 Å². The van der Waals surface area contributed by atoms with Gasteiger partial charge in [-0.25, -0.2) is 0 Å². The highest BCUT2D eigenvalue weighted by Gasteiger charge is 2.18. The number of ether oxygens (including phenoxy) is 1. The number of para-hydroxylation sites is 1. The number of nitro groups is 1. The number of hydrogen-bond acceptors (Lipinski definition) is 4. The van der Waals surface area contributed by atoms with Gasteiger partial charge in [0.25, 0.3) is 0 Å². The van der Waals surface area contributed by atoms with Gasteiger partial charge in [-0.05, 0) is 30.7 Å². The van der Waals surface area contributed by atoms with E-state index in [-0.39, 0.29) is 11.4 Å². The van der Waals surface area contributed by atoms with Gasteiger partial charge in [-0.15, -0.1) is 0 Å². The number of halogens is 1. The van der Waals surface area contributed by atoms with E-state index in [1.54, 1.807) is 37.3 Å². The third-order valence-corrected chi connectivity index (χ3v) is 3.59. The molecule has 0 aliphatic rings. The molecule has 0 atom stereocenters. The Morgan fingerprint density at radius 3 is 2.70 bits per heavy atom. The van der Waals surface area contributed by atoms with Crippen LogP contribution in [0.25, 0.3) is 0 Å².